The van der Waals surface area contributed by atoms with Gasteiger partial charge in [0.1, 0.15) is 11.4 Å². The number of ether oxygens (including phenoxy) is 1. The van der Waals surface area contributed by atoms with Crippen molar-refractivity contribution in [2.45, 2.75) is 39.2 Å². The van der Waals surface area contributed by atoms with Gasteiger partial charge in [-0.2, -0.15) is 0 Å². The molecule has 2 aliphatic rings. The van der Waals surface area contributed by atoms with Crippen molar-refractivity contribution >= 4 is 11.4 Å². The molecule has 1 aliphatic carbocycles. The van der Waals surface area contributed by atoms with E-state index in [1.54, 1.807) is 0 Å². The molecule has 1 fully saturated rings. The maximum absolute atomic E-state index is 5.71. The first kappa shape index (κ1) is 11.7. The van der Waals surface area contributed by atoms with Gasteiger partial charge in [0.05, 0.1) is 12.3 Å². The average Bonchev–Trinajstić information content (AvgIpc) is 2.64. The molecule has 1 heterocycles. The Labute approximate surface area is 109 Å². The van der Waals surface area contributed by atoms with Crippen molar-refractivity contribution in [3.8, 4) is 5.75 Å². The third-order valence-electron chi connectivity index (χ3n) is 4.41. The van der Waals surface area contributed by atoms with Gasteiger partial charge >= 0.3 is 0 Å². The van der Waals surface area contributed by atoms with E-state index in [4.69, 9.17) is 4.74 Å². The number of anilines is 2. The summed E-state index contributed by atoms with van der Waals surface area (Å²) in [6, 6.07) is 6.84. The molecule has 1 aromatic carbocycles. The maximum atomic E-state index is 5.71. The molecule has 18 heavy (non-hydrogen) atoms. The van der Waals surface area contributed by atoms with Gasteiger partial charge in [0, 0.05) is 18.0 Å². The van der Waals surface area contributed by atoms with Crippen LogP contribution >= 0.6 is 0 Å². The highest BCUT2D eigenvalue weighted by atomic mass is 16.5. The summed E-state index contributed by atoms with van der Waals surface area (Å²) in [4.78, 5) is 0. The first-order valence-corrected chi connectivity index (χ1v) is 6.99. The van der Waals surface area contributed by atoms with Crippen LogP contribution in [0.5, 0.6) is 5.75 Å². The molecule has 0 saturated heterocycles. The normalized spacial score (nSPS) is 29.6. The molecule has 0 radical (unpaired) electrons. The first-order chi connectivity index (χ1) is 8.73. The molecule has 2 unspecified atom stereocenters. The fraction of sp³-hybridized carbons (Fsp3) is 0.600. The van der Waals surface area contributed by atoms with E-state index < -0.39 is 0 Å². The van der Waals surface area contributed by atoms with Crippen LogP contribution < -0.4 is 15.4 Å². The van der Waals surface area contributed by atoms with Crippen LogP contribution in [0.25, 0.3) is 0 Å². The molecule has 1 saturated carbocycles. The number of para-hydroxylation sites is 1. The summed E-state index contributed by atoms with van der Waals surface area (Å²) in [6.07, 6.45) is 3.91. The Hall–Kier alpha value is -1.38. The van der Waals surface area contributed by atoms with E-state index in [0.29, 0.717) is 18.1 Å². The van der Waals surface area contributed by atoms with Crippen molar-refractivity contribution in [3.63, 3.8) is 0 Å². The predicted molar refractivity (Wildman–Crippen MR) is 75.5 cm³/mol. The summed E-state index contributed by atoms with van der Waals surface area (Å²) in [5.41, 5.74) is 2.69. The second-order valence-electron chi connectivity index (χ2n) is 5.71. The van der Waals surface area contributed by atoms with Gasteiger partial charge < -0.3 is 15.4 Å². The van der Waals surface area contributed by atoms with E-state index in [1.165, 1.54) is 24.9 Å². The zero-order chi connectivity index (χ0) is 12.6. The van der Waals surface area contributed by atoms with Gasteiger partial charge in [-0.25, -0.2) is 0 Å². The molecular formula is C15H22N2O. The third-order valence-corrected chi connectivity index (χ3v) is 4.41. The van der Waals surface area contributed by atoms with Crippen LogP contribution in [-0.2, 0) is 0 Å². The zero-order valence-corrected chi connectivity index (χ0v) is 11.3. The number of fused-ring (bicyclic) bond motifs is 2. The summed E-state index contributed by atoms with van der Waals surface area (Å²) in [7, 11) is 0. The Bertz CT molecular complexity index is 446. The minimum absolute atomic E-state index is 0.364. The summed E-state index contributed by atoms with van der Waals surface area (Å²) in [5, 5.41) is 7.32. The SMILES string of the molecule is CCOc1cccc2c1NCC1(C)CCCC1N2. The zero-order valence-electron chi connectivity index (χ0n) is 11.3. The lowest BCUT2D eigenvalue weighted by Crippen LogP contribution is -2.36. The van der Waals surface area contributed by atoms with Crippen LogP contribution in [0.15, 0.2) is 18.2 Å². The largest absolute Gasteiger partial charge is 0.492 e. The van der Waals surface area contributed by atoms with Gasteiger partial charge in [0.15, 0.2) is 0 Å². The summed E-state index contributed by atoms with van der Waals surface area (Å²) >= 11 is 0. The van der Waals surface area contributed by atoms with Crippen LogP contribution in [-0.4, -0.2) is 19.2 Å². The van der Waals surface area contributed by atoms with E-state index >= 15 is 0 Å². The Balaban J connectivity index is 1.95. The molecule has 0 amide bonds. The Morgan fingerprint density at radius 2 is 2.33 bits per heavy atom. The minimum Gasteiger partial charge on any atom is -0.492 e. The van der Waals surface area contributed by atoms with Gasteiger partial charge in [0.2, 0.25) is 0 Å². The van der Waals surface area contributed by atoms with Crippen molar-refractivity contribution in [1.29, 1.82) is 0 Å². The van der Waals surface area contributed by atoms with Crippen LogP contribution in [0.4, 0.5) is 11.4 Å². The Morgan fingerprint density at radius 3 is 3.17 bits per heavy atom. The van der Waals surface area contributed by atoms with Gasteiger partial charge in [-0.3, -0.25) is 0 Å². The van der Waals surface area contributed by atoms with E-state index in [0.717, 1.165) is 18.0 Å². The van der Waals surface area contributed by atoms with Crippen molar-refractivity contribution in [1.82, 2.24) is 0 Å². The molecule has 98 valence electrons. The highest BCUT2D eigenvalue weighted by molar-refractivity contribution is 5.76. The highest BCUT2D eigenvalue weighted by Gasteiger charge is 2.40. The van der Waals surface area contributed by atoms with Crippen molar-refractivity contribution < 1.29 is 4.74 Å². The highest BCUT2D eigenvalue weighted by Crippen LogP contribution is 2.45. The van der Waals surface area contributed by atoms with Crippen LogP contribution in [0.2, 0.25) is 0 Å². The fourth-order valence-electron chi connectivity index (χ4n) is 3.28. The second-order valence-corrected chi connectivity index (χ2v) is 5.71. The molecule has 3 heteroatoms. The summed E-state index contributed by atoms with van der Waals surface area (Å²) in [6.45, 7) is 6.15. The predicted octanol–water partition coefficient (Wildman–Crippen LogP) is 3.48. The third kappa shape index (κ3) is 1.82. The first-order valence-electron chi connectivity index (χ1n) is 6.99. The molecule has 1 aliphatic heterocycles. The average molecular weight is 246 g/mol. The lowest BCUT2D eigenvalue weighted by atomic mass is 9.85. The second kappa shape index (κ2) is 4.38. The molecule has 0 spiro atoms. The fourth-order valence-corrected chi connectivity index (χ4v) is 3.28. The molecule has 1 aromatic rings. The minimum atomic E-state index is 0.364. The smallest absolute Gasteiger partial charge is 0.144 e. The van der Waals surface area contributed by atoms with Gasteiger partial charge in [-0.15, -0.1) is 0 Å². The number of hydrogen-bond acceptors (Lipinski definition) is 3. The van der Waals surface area contributed by atoms with Gasteiger partial charge in [-0.05, 0) is 31.9 Å². The topological polar surface area (TPSA) is 33.3 Å². The molecule has 2 N–H and O–H groups in total. The van der Waals surface area contributed by atoms with E-state index in [9.17, 15) is 0 Å². The van der Waals surface area contributed by atoms with Crippen LogP contribution in [0.3, 0.4) is 0 Å². The van der Waals surface area contributed by atoms with Crippen molar-refractivity contribution in [3.05, 3.63) is 18.2 Å². The maximum Gasteiger partial charge on any atom is 0.144 e. The van der Waals surface area contributed by atoms with Gasteiger partial charge in [-0.1, -0.05) is 19.4 Å². The number of rotatable bonds is 2. The Kier molecular flexibility index (Phi) is 2.84. The van der Waals surface area contributed by atoms with Crippen molar-refractivity contribution in [2.75, 3.05) is 23.8 Å². The van der Waals surface area contributed by atoms with E-state index in [1.807, 2.05) is 13.0 Å². The van der Waals surface area contributed by atoms with E-state index in [-0.39, 0.29) is 0 Å². The number of hydrogen-bond donors (Lipinski definition) is 2. The Morgan fingerprint density at radius 1 is 1.44 bits per heavy atom. The van der Waals surface area contributed by atoms with E-state index in [2.05, 4.69) is 29.7 Å². The number of benzene rings is 1. The number of nitrogens with one attached hydrogen (secondary N) is 2. The van der Waals surface area contributed by atoms with Crippen molar-refractivity contribution in [2.24, 2.45) is 5.41 Å². The monoisotopic (exact) mass is 246 g/mol. The van der Waals surface area contributed by atoms with Crippen LogP contribution in [0.1, 0.15) is 33.1 Å². The molecular weight excluding hydrogens is 224 g/mol. The lowest BCUT2D eigenvalue weighted by molar-refractivity contribution is 0.332. The molecule has 3 rings (SSSR count). The molecule has 0 bridgehead atoms. The summed E-state index contributed by atoms with van der Waals surface area (Å²) < 4.78 is 5.71. The lowest BCUT2D eigenvalue weighted by Gasteiger charge is -2.29. The molecule has 3 nitrogen and oxygen atoms in total. The molecule has 2 atom stereocenters. The standard InChI is InChI=1S/C15H22N2O/c1-3-18-12-7-4-6-11-14(12)16-10-15(2)9-5-8-13(15)17-11/h4,6-7,13,16-17H,3,5,8-10H2,1-2H3. The quantitative estimate of drug-likeness (QED) is 0.838. The van der Waals surface area contributed by atoms with Crippen LogP contribution in [0, 0.1) is 5.41 Å². The van der Waals surface area contributed by atoms with Gasteiger partial charge in [0.25, 0.3) is 0 Å². The molecule has 0 aromatic heterocycles. The summed E-state index contributed by atoms with van der Waals surface area (Å²) in [5.74, 6) is 0.964.